The van der Waals surface area contributed by atoms with Crippen LogP contribution < -0.4 is 19.6 Å². The molecular formula is C19H20N2O4S. The Morgan fingerprint density at radius 1 is 1.12 bits per heavy atom. The molecule has 136 valence electrons. The van der Waals surface area contributed by atoms with Gasteiger partial charge in [-0.1, -0.05) is 0 Å². The first-order chi connectivity index (χ1) is 12.7. The van der Waals surface area contributed by atoms with Crippen LogP contribution in [0.3, 0.4) is 0 Å². The molecule has 1 heterocycles. The number of thioether (sulfide) groups is 1. The molecule has 0 saturated carbocycles. The Kier molecular flexibility index (Phi) is 6.01. The Balaban J connectivity index is 1.56. The van der Waals surface area contributed by atoms with Crippen LogP contribution in [0.5, 0.6) is 17.2 Å². The maximum absolute atomic E-state index is 12.2. The van der Waals surface area contributed by atoms with E-state index in [9.17, 15) is 4.79 Å². The highest BCUT2D eigenvalue weighted by molar-refractivity contribution is 8.00. The smallest absolute Gasteiger partial charge is 0.271 e. The first-order valence-corrected chi connectivity index (χ1v) is 9.25. The van der Waals surface area contributed by atoms with Crippen LogP contribution in [0.2, 0.25) is 0 Å². The third-order valence-electron chi connectivity index (χ3n) is 3.82. The van der Waals surface area contributed by atoms with E-state index < -0.39 is 0 Å². The van der Waals surface area contributed by atoms with Gasteiger partial charge in [0.15, 0.2) is 11.5 Å². The Labute approximate surface area is 156 Å². The molecule has 1 N–H and O–H groups in total. The number of benzene rings is 2. The monoisotopic (exact) mass is 372 g/mol. The minimum Gasteiger partial charge on any atom is -0.493 e. The highest BCUT2D eigenvalue weighted by Crippen LogP contribution is 2.27. The van der Waals surface area contributed by atoms with Gasteiger partial charge in [0, 0.05) is 17.1 Å². The fourth-order valence-electron chi connectivity index (χ4n) is 2.31. The van der Waals surface area contributed by atoms with Crippen LogP contribution in [0.4, 0.5) is 0 Å². The zero-order valence-corrected chi connectivity index (χ0v) is 15.4. The van der Waals surface area contributed by atoms with E-state index in [4.69, 9.17) is 14.2 Å². The second-order valence-corrected chi connectivity index (χ2v) is 6.69. The van der Waals surface area contributed by atoms with Crippen molar-refractivity contribution >= 4 is 23.9 Å². The molecule has 6 nitrogen and oxygen atoms in total. The van der Waals surface area contributed by atoms with Gasteiger partial charge in [-0.2, -0.15) is 16.9 Å². The lowest BCUT2D eigenvalue weighted by atomic mass is 10.2. The molecule has 1 fully saturated rings. The number of carbonyl (C=O) groups is 1. The van der Waals surface area contributed by atoms with E-state index in [1.54, 1.807) is 31.5 Å². The maximum Gasteiger partial charge on any atom is 0.271 e. The first-order valence-electron chi connectivity index (χ1n) is 8.09. The van der Waals surface area contributed by atoms with Gasteiger partial charge in [0.05, 0.1) is 20.4 Å². The molecular weight excluding hydrogens is 352 g/mol. The third-order valence-corrected chi connectivity index (χ3v) is 5.03. The summed E-state index contributed by atoms with van der Waals surface area (Å²) in [5, 5.41) is 3.99. The topological polar surface area (TPSA) is 69.2 Å². The number of hydrogen-bond acceptors (Lipinski definition) is 6. The van der Waals surface area contributed by atoms with E-state index in [1.165, 1.54) is 7.11 Å². The van der Waals surface area contributed by atoms with E-state index in [-0.39, 0.29) is 5.91 Å². The average molecular weight is 372 g/mol. The van der Waals surface area contributed by atoms with Crippen LogP contribution in [0, 0.1) is 0 Å². The summed E-state index contributed by atoms with van der Waals surface area (Å²) in [4.78, 5) is 12.2. The van der Waals surface area contributed by atoms with Gasteiger partial charge in [0.25, 0.3) is 5.91 Å². The van der Waals surface area contributed by atoms with E-state index in [2.05, 4.69) is 10.5 Å². The van der Waals surface area contributed by atoms with Gasteiger partial charge >= 0.3 is 0 Å². The van der Waals surface area contributed by atoms with Crippen molar-refractivity contribution in [2.75, 3.05) is 25.7 Å². The first kappa shape index (κ1) is 18.1. The molecule has 2 aromatic rings. The average Bonchev–Trinajstić information content (AvgIpc) is 2.65. The Morgan fingerprint density at radius 3 is 2.46 bits per heavy atom. The summed E-state index contributed by atoms with van der Waals surface area (Å²) in [6.07, 6.45) is 1.90. The SMILES string of the molecule is COc1ccc(C(=O)N/N=C\c2ccc(OC3CSC3)cc2)cc1OC. The number of rotatable bonds is 7. The van der Waals surface area contributed by atoms with Crippen LogP contribution >= 0.6 is 11.8 Å². The summed E-state index contributed by atoms with van der Waals surface area (Å²) < 4.78 is 16.1. The molecule has 1 aliphatic heterocycles. The number of ether oxygens (including phenoxy) is 3. The molecule has 0 atom stereocenters. The van der Waals surface area contributed by atoms with Crippen LogP contribution in [-0.2, 0) is 0 Å². The highest BCUT2D eigenvalue weighted by atomic mass is 32.2. The molecule has 1 aliphatic rings. The van der Waals surface area contributed by atoms with Crippen molar-refractivity contribution in [2.45, 2.75) is 6.10 Å². The summed E-state index contributed by atoms with van der Waals surface area (Å²) in [5.41, 5.74) is 3.80. The normalized spacial score (nSPS) is 13.9. The lowest BCUT2D eigenvalue weighted by molar-refractivity contribution is 0.0954. The van der Waals surface area contributed by atoms with Crippen molar-refractivity contribution < 1.29 is 19.0 Å². The van der Waals surface area contributed by atoms with Crippen molar-refractivity contribution in [3.63, 3.8) is 0 Å². The van der Waals surface area contributed by atoms with Crippen LogP contribution in [-0.4, -0.2) is 44.0 Å². The van der Waals surface area contributed by atoms with Crippen molar-refractivity contribution in [1.29, 1.82) is 0 Å². The molecule has 0 bridgehead atoms. The van der Waals surface area contributed by atoms with Crippen molar-refractivity contribution in [3.8, 4) is 17.2 Å². The molecule has 0 aromatic heterocycles. The van der Waals surface area contributed by atoms with Gasteiger partial charge in [-0.3, -0.25) is 4.79 Å². The molecule has 7 heteroatoms. The molecule has 0 unspecified atom stereocenters. The number of carbonyl (C=O) groups excluding carboxylic acids is 1. The van der Waals surface area contributed by atoms with Gasteiger partial charge in [0.2, 0.25) is 0 Å². The van der Waals surface area contributed by atoms with Crippen LogP contribution in [0.15, 0.2) is 47.6 Å². The highest BCUT2D eigenvalue weighted by Gasteiger charge is 2.19. The molecule has 26 heavy (non-hydrogen) atoms. The second kappa shape index (κ2) is 8.62. The zero-order chi connectivity index (χ0) is 18.4. The molecule has 0 radical (unpaired) electrons. The van der Waals surface area contributed by atoms with Crippen LogP contribution in [0.25, 0.3) is 0 Å². The lowest BCUT2D eigenvalue weighted by Gasteiger charge is -2.25. The Morgan fingerprint density at radius 2 is 1.85 bits per heavy atom. The van der Waals surface area contributed by atoms with Gasteiger partial charge < -0.3 is 14.2 Å². The summed E-state index contributed by atoms with van der Waals surface area (Å²) in [6, 6.07) is 12.5. The number of nitrogens with one attached hydrogen (secondary N) is 1. The Bertz CT molecular complexity index is 789. The molecule has 1 saturated heterocycles. The number of methoxy groups -OCH3 is 2. The second-order valence-electron chi connectivity index (χ2n) is 5.62. The van der Waals surface area contributed by atoms with Crippen molar-refractivity contribution in [1.82, 2.24) is 5.43 Å². The van der Waals surface area contributed by atoms with Gasteiger partial charge in [-0.15, -0.1) is 0 Å². The summed E-state index contributed by atoms with van der Waals surface area (Å²) >= 11 is 1.88. The molecule has 0 spiro atoms. The molecule has 0 aliphatic carbocycles. The molecule has 2 aromatic carbocycles. The van der Waals surface area contributed by atoms with E-state index in [0.29, 0.717) is 23.2 Å². The third kappa shape index (κ3) is 4.49. The number of amides is 1. The van der Waals surface area contributed by atoms with Crippen molar-refractivity contribution in [2.24, 2.45) is 5.10 Å². The number of hydrogen-bond donors (Lipinski definition) is 1. The van der Waals surface area contributed by atoms with Gasteiger partial charge in [0.1, 0.15) is 11.9 Å². The number of nitrogens with zero attached hydrogens (tertiary/aromatic N) is 1. The van der Waals surface area contributed by atoms with Crippen molar-refractivity contribution in [3.05, 3.63) is 53.6 Å². The minimum atomic E-state index is -0.329. The standard InChI is InChI=1S/C19H20N2O4S/c1-23-17-8-5-14(9-18(17)24-2)19(22)21-20-10-13-3-6-15(7-4-13)25-16-11-26-12-16/h3-10,16H,11-12H2,1-2H3,(H,21,22)/b20-10-. The number of hydrazone groups is 1. The largest absolute Gasteiger partial charge is 0.493 e. The van der Waals surface area contributed by atoms with E-state index in [0.717, 1.165) is 22.8 Å². The predicted octanol–water partition coefficient (Wildman–Crippen LogP) is 2.96. The van der Waals surface area contributed by atoms with Crippen LogP contribution in [0.1, 0.15) is 15.9 Å². The minimum absolute atomic E-state index is 0.320. The maximum atomic E-state index is 12.2. The molecule has 1 amide bonds. The van der Waals surface area contributed by atoms with Gasteiger partial charge in [-0.05, 0) is 48.0 Å². The summed E-state index contributed by atoms with van der Waals surface area (Å²) in [6.45, 7) is 0. The summed E-state index contributed by atoms with van der Waals surface area (Å²) in [5.74, 6) is 3.67. The zero-order valence-electron chi connectivity index (χ0n) is 14.6. The predicted molar refractivity (Wildman–Crippen MR) is 103 cm³/mol. The summed E-state index contributed by atoms with van der Waals surface area (Å²) in [7, 11) is 3.07. The fraction of sp³-hybridized carbons (Fsp3) is 0.263. The molecule has 3 rings (SSSR count). The fourth-order valence-corrected chi connectivity index (χ4v) is 2.88. The van der Waals surface area contributed by atoms with E-state index >= 15 is 0 Å². The lowest BCUT2D eigenvalue weighted by Crippen LogP contribution is -2.30. The Hall–Kier alpha value is -2.67. The van der Waals surface area contributed by atoms with E-state index in [1.807, 2.05) is 36.0 Å². The van der Waals surface area contributed by atoms with Gasteiger partial charge in [-0.25, -0.2) is 5.43 Å². The quantitative estimate of drug-likeness (QED) is 0.598.